The van der Waals surface area contributed by atoms with Gasteiger partial charge in [0, 0.05) is 12.0 Å². The monoisotopic (exact) mass is 334 g/mol. The van der Waals surface area contributed by atoms with Crippen LogP contribution in [0.15, 0.2) is 23.1 Å². The molecule has 20 heavy (non-hydrogen) atoms. The van der Waals surface area contributed by atoms with Gasteiger partial charge in [-0.25, -0.2) is 0 Å². The fourth-order valence-electron chi connectivity index (χ4n) is 1.39. The summed E-state index contributed by atoms with van der Waals surface area (Å²) in [5.74, 6) is -1.53. The van der Waals surface area contributed by atoms with E-state index in [1.807, 2.05) is 0 Å². The molecule has 2 nitrogen and oxygen atoms in total. The molecule has 0 heterocycles. The molecule has 0 spiro atoms. The van der Waals surface area contributed by atoms with Gasteiger partial charge in [0.15, 0.2) is 5.78 Å². The molecule has 0 aliphatic heterocycles. The van der Waals surface area contributed by atoms with Gasteiger partial charge in [0.25, 0.3) is 0 Å². The molecule has 112 valence electrons. The number of benzene rings is 1. The van der Waals surface area contributed by atoms with Crippen LogP contribution in [0, 0.1) is 0 Å². The zero-order chi connectivity index (χ0) is 15.3. The van der Waals surface area contributed by atoms with Gasteiger partial charge in [-0.3, -0.25) is 4.79 Å². The first kappa shape index (κ1) is 17.0. The molecule has 1 rings (SSSR count). The van der Waals surface area contributed by atoms with Crippen LogP contribution in [0.1, 0.15) is 5.56 Å². The molecule has 0 aliphatic rings. The van der Waals surface area contributed by atoms with Crippen molar-refractivity contribution in [1.82, 2.24) is 0 Å². The van der Waals surface area contributed by atoms with E-state index in [2.05, 4.69) is 4.74 Å². The van der Waals surface area contributed by atoms with Gasteiger partial charge in [-0.1, -0.05) is 12.1 Å². The molecule has 1 aromatic rings. The molecule has 0 unspecified atom stereocenters. The lowest BCUT2D eigenvalue weighted by Gasteiger charge is -2.15. The second kappa shape index (κ2) is 7.12. The van der Waals surface area contributed by atoms with E-state index in [9.17, 15) is 26.7 Å². The summed E-state index contributed by atoms with van der Waals surface area (Å²) in [5, 5.41) is 0. The summed E-state index contributed by atoms with van der Waals surface area (Å²) < 4.78 is 65.8. The van der Waals surface area contributed by atoms with E-state index >= 15 is 0 Å². The number of hydrogen-bond acceptors (Lipinski definition) is 3. The zero-order valence-corrected chi connectivity index (χ0v) is 11.3. The van der Waals surface area contributed by atoms with E-state index in [-0.39, 0.29) is 17.9 Å². The van der Waals surface area contributed by atoms with Crippen molar-refractivity contribution >= 4 is 29.1 Å². The number of hydrogen-bond donors (Lipinski definition) is 0. The van der Waals surface area contributed by atoms with Gasteiger partial charge in [0.05, 0.1) is 10.8 Å². The van der Waals surface area contributed by atoms with Crippen molar-refractivity contribution in [3.05, 3.63) is 23.8 Å². The van der Waals surface area contributed by atoms with Gasteiger partial charge in [0.2, 0.25) is 0 Å². The predicted octanol–water partition coefficient (Wildman–Crippen LogP) is 4.25. The van der Waals surface area contributed by atoms with E-state index in [1.165, 1.54) is 12.1 Å². The van der Waals surface area contributed by atoms with Crippen LogP contribution in [0.4, 0.5) is 22.0 Å². The minimum Gasteiger partial charge on any atom is -0.433 e. The minimum atomic E-state index is -4.66. The molecular weight excluding hydrogens is 327 g/mol. The fourth-order valence-corrected chi connectivity index (χ4v) is 2.15. The number of alkyl halides is 6. The Bertz CT molecular complexity index is 478. The van der Waals surface area contributed by atoms with Crippen LogP contribution >= 0.6 is 23.4 Å². The lowest BCUT2D eigenvalue weighted by molar-refractivity contribution is -0.116. The largest absolute Gasteiger partial charge is 0.446 e. The number of halogens is 6. The van der Waals surface area contributed by atoms with E-state index in [1.54, 1.807) is 0 Å². The summed E-state index contributed by atoms with van der Waals surface area (Å²) in [6, 6.07) is 3.45. The maximum atomic E-state index is 12.4. The Morgan fingerprint density at radius 2 is 2.00 bits per heavy atom. The van der Waals surface area contributed by atoms with Crippen LogP contribution in [0.2, 0.25) is 0 Å². The number of Topliss-reactive ketones (excluding diaryl/α,β-unsaturated/α-hetero) is 1. The molecule has 0 fully saturated rings. The highest BCUT2D eigenvalue weighted by Gasteiger charge is 2.32. The molecule has 0 aromatic heterocycles. The smallest absolute Gasteiger partial charge is 0.433 e. The Balaban J connectivity index is 3.15. The molecule has 0 saturated heterocycles. The summed E-state index contributed by atoms with van der Waals surface area (Å²) >= 11 is 4.70. The SMILES string of the molecule is O=C(CCl)Cc1cccc(SC(F)(F)F)c1OC(F)F. The van der Waals surface area contributed by atoms with Gasteiger partial charge in [-0.2, -0.15) is 22.0 Å². The summed E-state index contributed by atoms with van der Waals surface area (Å²) in [4.78, 5) is 10.7. The number of ether oxygens (including phenoxy) is 1. The number of rotatable bonds is 6. The van der Waals surface area contributed by atoms with Crippen molar-refractivity contribution in [3.63, 3.8) is 0 Å². The molecule has 0 atom stereocenters. The molecular formula is C11H8ClF5O2S. The van der Waals surface area contributed by atoms with Gasteiger partial charge < -0.3 is 4.74 Å². The number of para-hydroxylation sites is 1. The van der Waals surface area contributed by atoms with Gasteiger partial charge in [-0.15, -0.1) is 11.6 Å². The zero-order valence-electron chi connectivity index (χ0n) is 9.72. The fraction of sp³-hybridized carbons (Fsp3) is 0.364. The van der Waals surface area contributed by atoms with E-state index < -0.39 is 40.3 Å². The van der Waals surface area contributed by atoms with Gasteiger partial charge in [0.1, 0.15) is 5.75 Å². The van der Waals surface area contributed by atoms with Crippen LogP contribution in [0.25, 0.3) is 0 Å². The molecule has 0 bridgehead atoms. The highest BCUT2D eigenvalue weighted by molar-refractivity contribution is 8.00. The van der Waals surface area contributed by atoms with Crippen molar-refractivity contribution in [2.75, 3.05) is 5.88 Å². The van der Waals surface area contributed by atoms with Gasteiger partial charge in [-0.05, 0) is 17.8 Å². The van der Waals surface area contributed by atoms with Crippen LogP contribution in [-0.4, -0.2) is 23.8 Å². The van der Waals surface area contributed by atoms with Gasteiger partial charge >= 0.3 is 12.1 Å². The molecule has 0 radical (unpaired) electrons. The minimum absolute atomic E-state index is 0.0646. The van der Waals surface area contributed by atoms with Crippen molar-refractivity contribution in [2.45, 2.75) is 23.4 Å². The van der Waals surface area contributed by atoms with Crippen molar-refractivity contribution < 1.29 is 31.5 Å². The van der Waals surface area contributed by atoms with Crippen molar-refractivity contribution in [3.8, 4) is 5.75 Å². The topological polar surface area (TPSA) is 26.3 Å². The first-order chi connectivity index (χ1) is 9.23. The molecule has 0 aliphatic carbocycles. The van der Waals surface area contributed by atoms with Crippen LogP contribution < -0.4 is 4.74 Å². The quantitative estimate of drug-likeness (QED) is 0.442. The average molecular weight is 335 g/mol. The number of carbonyl (C=O) groups is 1. The standard InChI is InChI=1S/C11H8ClF5O2S/c12-5-7(18)4-6-2-1-3-8(20-11(15,16)17)9(6)19-10(13)14/h1-3,10H,4-5H2. The van der Waals surface area contributed by atoms with E-state index in [0.717, 1.165) is 6.07 Å². The predicted molar refractivity (Wildman–Crippen MR) is 64.4 cm³/mol. The average Bonchev–Trinajstić information content (AvgIpc) is 2.30. The highest BCUT2D eigenvalue weighted by Crippen LogP contribution is 2.43. The molecule has 0 saturated carbocycles. The molecule has 9 heteroatoms. The summed E-state index contributed by atoms with van der Waals surface area (Å²) in [7, 11) is 0. The maximum Gasteiger partial charge on any atom is 0.446 e. The van der Waals surface area contributed by atoms with E-state index in [4.69, 9.17) is 11.6 Å². The number of thioether (sulfide) groups is 1. The van der Waals surface area contributed by atoms with Crippen LogP contribution in [0.3, 0.4) is 0 Å². The Labute approximate surface area is 120 Å². The molecule has 1 aromatic carbocycles. The Morgan fingerprint density at radius 1 is 1.35 bits per heavy atom. The third kappa shape index (κ3) is 5.54. The Morgan fingerprint density at radius 3 is 2.50 bits per heavy atom. The third-order valence-corrected chi connectivity index (χ3v) is 3.10. The van der Waals surface area contributed by atoms with Crippen molar-refractivity contribution in [2.24, 2.45) is 0 Å². The third-order valence-electron chi connectivity index (χ3n) is 2.03. The highest BCUT2D eigenvalue weighted by atomic mass is 35.5. The second-order valence-corrected chi connectivity index (χ2v) is 4.89. The summed E-state index contributed by atoms with van der Waals surface area (Å²) in [6.45, 7) is -3.30. The summed E-state index contributed by atoms with van der Waals surface area (Å²) in [5.41, 5.74) is -4.72. The molecule has 0 N–H and O–H groups in total. The van der Waals surface area contributed by atoms with E-state index in [0.29, 0.717) is 0 Å². The number of carbonyl (C=O) groups excluding carboxylic acids is 1. The first-order valence-electron chi connectivity index (χ1n) is 5.13. The lowest BCUT2D eigenvalue weighted by Crippen LogP contribution is -2.11. The maximum absolute atomic E-state index is 12.4. The first-order valence-corrected chi connectivity index (χ1v) is 6.48. The lowest BCUT2D eigenvalue weighted by atomic mass is 10.1. The second-order valence-electron chi connectivity index (χ2n) is 3.52. The molecule has 0 amide bonds. The number of ketones is 1. The van der Waals surface area contributed by atoms with Crippen LogP contribution in [0.5, 0.6) is 5.75 Å². The summed E-state index contributed by atoms with van der Waals surface area (Å²) in [6.07, 6.45) is -0.377. The Hall–Kier alpha value is -1.02. The van der Waals surface area contributed by atoms with Crippen molar-refractivity contribution in [1.29, 1.82) is 0 Å². The van der Waals surface area contributed by atoms with Crippen LogP contribution in [-0.2, 0) is 11.2 Å². The normalized spacial score (nSPS) is 11.8. The Kier molecular flexibility index (Phi) is 6.07.